The monoisotopic (exact) mass is 301 g/mol. The number of para-hydroxylation sites is 1. The number of rotatable bonds is 6. The summed E-state index contributed by atoms with van der Waals surface area (Å²) in [6.07, 6.45) is 2.80. The molecule has 0 saturated heterocycles. The molecule has 0 unspecified atom stereocenters. The van der Waals surface area contributed by atoms with E-state index in [2.05, 4.69) is 36.9 Å². The zero-order valence-corrected chi connectivity index (χ0v) is 13.1. The molecule has 0 atom stereocenters. The number of thiophene rings is 1. The Kier molecular flexibility index (Phi) is 5.17. The first-order valence-corrected chi connectivity index (χ1v) is 7.77. The third kappa shape index (κ3) is 4.20. The highest BCUT2D eigenvalue weighted by molar-refractivity contribution is 7.10. The van der Waals surface area contributed by atoms with Crippen LogP contribution in [-0.4, -0.2) is 17.6 Å². The SMILES string of the molecule is CCN(Cc1cc(C=CC(=O)O)cs1)c1ccccc1C. The maximum atomic E-state index is 10.5. The highest BCUT2D eigenvalue weighted by Crippen LogP contribution is 2.24. The van der Waals surface area contributed by atoms with Crippen LogP contribution < -0.4 is 4.90 Å². The summed E-state index contributed by atoms with van der Waals surface area (Å²) < 4.78 is 0. The zero-order valence-electron chi connectivity index (χ0n) is 12.2. The molecule has 110 valence electrons. The van der Waals surface area contributed by atoms with Gasteiger partial charge in [-0.15, -0.1) is 11.3 Å². The zero-order chi connectivity index (χ0) is 15.2. The van der Waals surface area contributed by atoms with E-state index in [1.807, 2.05) is 17.5 Å². The first-order valence-electron chi connectivity index (χ1n) is 6.89. The molecule has 0 aliphatic rings. The molecule has 0 fully saturated rings. The maximum Gasteiger partial charge on any atom is 0.328 e. The third-order valence-corrected chi connectivity index (χ3v) is 4.22. The van der Waals surface area contributed by atoms with Crippen molar-refractivity contribution >= 4 is 29.1 Å². The van der Waals surface area contributed by atoms with Crippen LogP contribution in [0.2, 0.25) is 0 Å². The lowest BCUT2D eigenvalue weighted by atomic mass is 10.1. The lowest BCUT2D eigenvalue weighted by Gasteiger charge is -2.24. The Morgan fingerprint density at radius 2 is 2.14 bits per heavy atom. The van der Waals surface area contributed by atoms with Gasteiger partial charge in [0.15, 0.2) is 0 Å². The van der Waals surface area contributed by atoms with Gasteiger partial charge in [-0.3, -0.25) is 0 Å². The van der Waals surface area contributed by atoms with Gasteiger partial charge in [0.05, 0.1) is 6.54 Å². The first-order chi connectivity index (χ1) is 10.1. The molecule has 0 aliphatic carbocycles. The van der Waals surface area contributed by atoms with Crippen molar-refractivity contribution in [2.24, 2.45) is 0 Å². The summed E-state index contributed by atoms with van der Waals surface area (Å²) in [5, 5.41) is 10.6. The number of benzene rings is 1. The molecule has 0 aliphatic heterocycles. The molecule has 0 amide bonds. The highest BCUT2D eigenvalue weighted by atomic mass is 32.1. The van der Waals surface area contributed by atoms with Gasteiger partial charge in [0.25, 0.3) is 0 Å². The van der Waals surface area contributed by atoms with E-state index in [0.717, 1.165) is 18.7 Å². The van der Waals surface area contributed by atoms with E-state index in [0.29, 0.717) is 0 Å². The van der Waals surface area contributed by atoms with Gasteiger partial charge in [-0.25, -0.2) is 4.79 Å². The summed E-state index contributed by atoms with van der Waals surface area (Å²) in [5.41, 5.74) is 3.45. The molecule has 0 saturated carbocycles. The summed E-state index contributed by atoms with van der Waals surface area (Å²) in [6, 6.07) is 10.4. The Labute approximate surface area is 129 Å². The minimum absolute atomic E-state index is 0.840. The van der Waals surface area contributed by atoms with Crippen molar-refractivity contribution in [1.29, 1.82) is 0 Å². The molecule has 21 heavy (non-hydrogen) atoms. The fourth-order valence-electron chi connectivity index (χ4n) is 2.21. The quantitative estimate of drug-likeness (QED) is 0.814. The van der Waals surface area contributed by atoms with E-state index < -0.39 is 5.97 Å². The van der Waals surface area contributed by atoms with Crippen molar-refractivity contribution < 1.29 is 9.90 Å². The molecule has 0 spiro atoms. The van der Waals surface area contributed by atoms with Crippen LogP contribution in [-0.2, 0) is 11.3 Å². The van der Waals surface area contributed by atoms with Gasteiger partial charge in [-0.05, 0) is 48.6 Å². The number of aliphatic carboxylic acids is 1. The Balaban J connectivity index is 2.13. The number of aryl methyl sites for hydroxylation is 1. The van der Waals surface area contributed by atoms with Gasteiger partial charge >= 0.3 is 5.97 Å². The molecule has 2 aromatic rings. The minimum Gasteiger partial charge on any atom is -0.478 e. The lowest BCUT2D eigenvalue weighted by Crippen LogP contribution is -2.22. The van der Waals surface area contributed by atoms with Gasteiger partial charge in [0.2, 0.25) is 0 Å². The number of anilines is 1. The molecule has 1 heterocycles. The van der Waals surface area contributed by atoms with Crippen LogP contribution in [0.3, 0.4) is 0 Å². The second-order valence-corrected chi connectivity index (χ2v) is 5.81. The van der Waals surface area contributed by atoms with Crippen LogP contribution in [0.25, 0.3) is 6.08 Å². The first kappa shape index (κ1) is 15.3. The molecule has 1 aromatic heterocycles. The van der Waals surface area contributed by atoms with Crippen LogP contribution in [0.15, 0.2) is 41.8 Å². The molecule has 3 nitrogen and oxygen atoms in total. The van der Waals surface area contributed by atoms with Crippen molar-refractivity contribution in [1.82, 2.24) is 0 Å². The Morgan fingerprint density at radius 1 is 1.38 bits per heavy atom. The average molecular weight is 301 g/mol. The fourth-order valence-corrected chi connectivity index (χ4v) is 3.08. The summed E-state index contributed by atoms with van der Waals surface area (Å²) >= 11 is 1.66. The molecule has 4 heteroatoms. The van der Waals surface area contributed by atoms with Gasteiger partial charge in [-0.2, -0.15) is 0 Å². The standard InChI is InChI=1S/C17H19NO2S/c1-3-18(16-7-5-4-6-13(16)2)11-15-10-14(12-21-15)8-9-17(19)20/h4-10,12H,3,11H2,1-2H3,(H,19,20). The van der Waals surface area contributed by atoms with Crippen LogP contribution in [0.1, 0.15) is 22.9 Å². The lowest BCUT2D eigenvalue weighted by molar-refractivity contribution is -0.131. The molecule has 1 aromatic carbocycles. The van der Waals surface area contributed by atoms with Crippen LogP contribution in [0.5, 0.6) is 0 Å². The van der Waals surface area contributed by atoms with Crippen molar-refractivity contribution in [2.75, 3.05) is 11.4 Å². The Bertz CT molecular complexity index is 646. The molecule has 1 N–H and O–H groups in total. The van der Waals surface area contributed by atoms with Crippen LogP contribution >= 0.6 is 11.3 Å². The Hall–Kier alpha value is -2.07. The van der Waals surface area contributed by atoms with Crippen molar-refractivity contribution in [3.05, 3.63) is 57.8 Å². The second-order valence-electron chi connectivity index (χ2n) is 4.82. The predicted molar refractivity (Wildman–Crippen MR) is 88.9 cm³/mol. The van der Waals surface area contributed by atoms with Crippen LogP contribution in [0, 0.1) is 6.92 Å². The van der Waals surface area contributed by atoms with E-state index in [4.69, 9.17) is 5.11 Å². The summed E-state index contributed by atoms with van der Waals surface area (Å²) in [6.45, 7) is 6.04. The predicted octanol–water partition coefficient (Wildman–Crippen LogP) is 4.18. The summed E-state index contributed by atoms with van der Waals surface area (Å²) in [7, 11) is 0. The highest BCUT2D eigenvalue weighted by Gasteiger charge is 2.09. The van der Waals surface area contributed by atoms with Crippen molar-refractivity contribution in [2.45, 2.75) is 20.4 Å². The summed E-state index contributed by atoms with van der Waals surface area (Å²) in [5.74, 6) is -0.919. The topological polar surface area (TPSA) is 40.5 Å². The average Bonchev–Trinajstić information content (AvgIpc) is 2.91. The van der Waals surface area contributed by atoms with Gasteiger partial charge in [-0.1, -0.05) is 18.2 Å². The Morgan fingerprint density at radius 3 is 2.81 bits per heavy atom. The van der Waals surface area contributed by atoms with E-state index >= 15 is 0 Å². The van der Waals surface area contributed by atoms with E-state index in [1.54, 1.807) is 17.4 Å². The normalized spacial score (nSPS) is 11.0. The van der Waals surface area contributed by atoms with Crippen LogP contribution in [0.4, 0.5) is 5.69 Å². The van der Waals surface area contributed by atoms with E-state index in [1.165, 1.54) is 22.2 Å². The molecule has 0 radical (unpaired) electrons. The summed E-state index contributed by atoms with van der Waals surface area (Å²) in [4.78, 5) is 14.1. The number of nitrogens with zero attached hydrogens (tertiary/aromatic N) is 1. The van der Waals surface area contributed by atoms with Gasteiger partial charge < -0.3 is 10.0 Å². The van der Waals surface area contributed by atoms with Crippen molar-refractivity contribution in [3.63, 3.8) is 0 Å². The number of carboxylic acid groups (broad SMARTS) is 1. The number of carbonyl (C=O) groups is 1. The second kappa shape index (κ2) is 7.09. The number of hydrogen-bond acceptors (Lipinski definition) is 3. The largest absolute Gasteiger partial charge is 0.478 e. The van der Waals surface area contributed by atoms with E-state index in [-0.39, 0.29) is 0 Å². The molecular formula is C17H19NO2S. The number of hydrogen-bond donors (Lipinski definition) is 1. The molecule has 2 rings (SSSR count). The molecular weight excluding hydrogens is 282 g/mol. The van der Waals surface area contributed by atoms with Gasteiger partial charge in [0.1, 0.15) is 0 Å². The third-order valence-electron chi connectivity index (χ3n) is 3.28. The van der Waals surface area contributed by atoms with Crippen molar-refractivity contribution in [3.8, 4) is 0 Å². The van der Waals surface area contributed by atoms with E-state index in [9.17, 15) is 4.79 Å². The minimum atomic E-state index is -0.919. The number of carboxylic acids is 1. The van der Waals surface area contributed by atoms with Gasteiger partial charge in [0, 0.05) is 23.2 Å². The molecule has 0 bridgehead atoms. The smallest absolute Gasteiger partial charge is 0.328 e. The maximum absolute atomic E-state index is 10.5. The fraction of sp³-hybridized carbons (Fsp3) is 0.235.